The molecular formula is C12H10BrFN4O2. The first kappa shape index (κ1) is 14.2. The Labute approximate surface area is 122 Å². The van der Waals surface area contributed by atoms with E-state index in [1.165, 1.54) is 24.3 Å². The normalized spacial score (nSPS) is 10.2. The first-order chi connectivity index (χ1) is 9.52. The average Bonchev–Trinajstić information content (AvgIpc) is 2.42. The SMILES string of the molecule is CNc1ccc([N+](=O)[O-])c(Nc2c(F)cccc2Br)n1. The Morgan fingerprint density at radius 1 is 1.35 bits per heavy atom. The summed E-state index contributed by atoms with van der Waals surface area (Å²) in [5.41, 5.74) is -0.143. The van der Waals surface area contributed by atoms with Crippen molar-refractivity contribution in [3.63, 3.8) is 0 Å². The Morgan fingerprint density at radius 3 is 2.70 bits per heavy atom. The highest BCUT2D eigenvalue weighted by molar-refractivity contribution is 9.10. The second-order valence-corrected chi connectivity index (χ2v) is 4.65. The number of rotatable bonds is 4. The minimum atomic E-state index is -0.580. The number of halogens is 2. The lowest BCUT2D eigenvalue weighted by atomic mass is 10.3. The molecule has 0 aliphatic rings. The largest absolute Gasteiger partial charge is 0.373 e. The van der Waals surface area contributed by atoms with Crippen molar-refractivity contribution in [1.29, 1.82) is 0 Å². The van der Waals surface area contributed by atoms with Crippen LogP contribution in [0.3, 0.4) is 0 Å². The Hall–Kier alpha value is -2.22. The van der Waals surface area contributed by atoms with E-state index in [0.717, 1.165) is 0 Å². The van der Waals surface area contributed by atoms with Gasteiger partial charge in [-0.2, -0.15) is 0 Å². The molecule has 0 atom stereocenters. The van der Waals surface area contributed by atoms with E-state index in [0.29, 0.717) is 10.3 Å². The quantitative estimate of drug-likeness (QED) is 0.655. The molecule has 0 saturated heterocycles. The Kier molecular flexibility index (Phi) is 4.14. The van der Waals surface area contributed by atoms with Gasteiger partial charge in [0.25, 0.3) is 0 Å². The molecule has 0 unspecified atom stereocenters. The van der Waals surface area contributed by atoms with E-state index in [2.05, 4.69) is 31.5 Å². The van der Waals surface area contributed by atoms with Crippen molar-refractivity contribution in [2.75, 3.05) is 17.7 Å². The first-order valence-electron chi connectivity index (χ1n) is 5.57. The number of para-hydroxylation sites is 1. The second-order valence-electron chi connectivity index (χ2n) is 3.79. The fourth-order valence-electron chi connectivity index (χ4n) is 1.57. The molecule has 6 nitrogen and oxygen atoms in total. The van der Waals surface area contributed by atoms with Gasteiger partial charge in [-0.15, -0.1) is 0 Å². The highest BCUT2D eigenvalue weighted by Crippen LogP contribution is 2.32. The van der Waals surface area contributed by atoms with Crippen LogP contribution in [0.1, 0.15) is 0 Å². The molecule has 1 aromatic carbocycles. The van der Waals surface area contributed by atoms with Crippen LogP contribution in [0.25, 0.3) is 0 Å². The maximum atomic E-state index is 13.7. The van der Waals surface area contributed by atoms with Crippen LogP contribution in [-0.2, 0) is 0 Å². The predicted octanol–water partition coefficient (Wildman–Crippen LogP) is 3.68. The molecule has 0 spiro atoms. The van der Waals surface area contributed by atoms with Crippen LogP contribution in [0.4, 0.5) is 27.4 Å². The van der Waals surface area contributed by atoms with Crippen molar-refractivity contribution < 1.29 is 9.31 Å². The number of hydrogen-bond donors (Lipinski definition) is 2. The van der Waals surface area contributed by atoms with Crippen molar-refractivity contribution in [3.05, 3.63) is 50.7 Å². The fraction of sp³-hybridized carbons (Fsp3) is 0.0833. The number of nitrogens with zero attached hydrogens (tertiary/aromatic N) is 2. The third-order valence-corrected chi connectivity index (χ3v) is 3.19. The Bertz CT molecular complexity index is 646. The summed E-state index contributed by atoms with van der Waals surface area (Å²) < 4.78 is 14.2. The lowest BCUT2D eigenvalue weighted by Crippen LogP contribution is -2.03. The first-order valence-corrected chi connectivity index (χ1v) is 6.36. The zero-order valence-corrected chi connectivity index (χ0v) is 11.9. The topological polar surface area (TPSA) is 80.1 Å². The smallest absolute Gasteiger partial charge is 0.311 e. The third-order valence-electron chi connectivity index (χ3n) is 2.53. The summed E-state index contributed by atoms with van der Waals surface area (Å²) in [5, 5.41) is 16.4. The molecule has 1 heterocycles. The standard InChI is InChI=1S/C12H10BrFN4O2/c1-15-10-6-5-9(18(19)20)12(16-10)17-11-7(13)3-2-4-8(11)14/h2-6H,1H3,(H2,15,16,17). The number of anilines is 3. The lowest BCUT2D eigenvalue weighted by Gasteiger charge is -2.10. The van der Waals surface area contributed by atoms with Crippen molar-refractivity contribution in [2.45, 2.75) is 0 Å². The lowest BCUT2D eigenvalue weighted by molar-refractivity contribution is -0.384. The van der Waals surface area contributed by atoms with E-state index >= 15 is 0 Å². The summed E-state index contributed by atoms with van der Waals surface area (Å²) in [6.45, 7) is 0. The van der Waals surface area contributed by atoms with E-state index < -0.39 is 10.7 Å². The van der Waals surface area contributed by atoms with Gasteiger partial charge in [-0.1, -0.05) is 6.07 Å². The third kappa shape index (κ3) is 2.85. The maximum absolute atomic E-state index is 13.7. The molecule has 0 aliphatic heterocycles. The van der Waals surface area contributed by atoms with Crippen LogP contribution in [0.15, 0.2) is 34.8 Å². The van der Waals surface area contributed by atoms with Gasteiger partial charge in [-0.3, -0.25) is 10.1 Å². The molecule has 104 valence electrons. The van der Waals surface area contributed by atoms with Gasteiger partial charge in [0.15, 0.2) is 0 Å². The molecule has 1 aromatic heterocycles. The van der Waals surface area contributed by atoms with Gasteiger partial charge in [-0.25, -0.2) is 9.37 Å². The summed E-state index contributed by atoms with van der Waals surface area (Å²) in [7, 11) is 1.64. The Balaban J connectivity index is 2.49. The van der Waals surface area contributed by atoms with E-state index in [9.17, 15) is 14.5 Å². The summed E-state index contributed by atoms with van der Waals surface area (Å²) in [6, 6.07) is 7.17. The molecule has 0 aliphatic carbocycles. The highest BCUT2D eigenvalue weighted by atomic mass is 79.9. The monoisotopic (exact) mass is 340 g/mol. The van der Waals surface area contributed by atoms with Crippen LogP contribution in [0.5, 0.6) is 0 Å². The molecular weight excluding hydrogens is 331 g/mol. The van der Waals surface area contributed by atoms with Crippen LogP contribution in [0.2, 0.25) is 0 Å². The van der Waals surface area contributed by atoms with Crippen LogP contribution in [0, 0.1) is 15.9 Å². The summed E-state index contributed by atoms with van der Waals surface area (Å²) in [5.74, 6) is -0.136. The molecule has 20 heavy (non-hydrogen) atoms. The van der Waals surface area contributed by atoms with Crippen LogP contribution in [-0.4, -0.2) is 17.0 Å². The number of nitro groups is 1. The predicted molar refractivity (Wildman–Crippen MR) is 77.8 cm³/mol. The van der Waals surface area contributed by atoms with Gasteiger partial charge in [0.05, 0.1) is 10.6 Å². The molecule has 0 radical (unpaired) electrons. The second kappa shape index (κ2) is 5.83. The summed E-state index contributed by atoms with van der Waals surface area (Å²) in [4.78, 5) is 14.4. The number of nitrogens with one attached hydrogen (secondary N) is 2. The maximum Gasteiger partial charge on any atom is 0.311 e. The molecule has 8 heteroatoms. The van der Waals surface area contributed by atoms with E-state index in [4.69, 9.17) is 0 Å². The minimum Gasteiger partial charge on any atom is -0.373 e. The minimum absolute atomic E-state index is 0.0346. The van der Waals surface area contributed by atoms with Crippen molar-refractivity contribution >= 4 is 38.9 Å². The van der Waals surface area contributed by atoms with Crippen LogP contribution >= 0.6 is 15.9 Å². The van der Waals surface area contributed by atoms with Crippen molar-refractivity contribution in [3.8, 4) is 0 Å². The van der Waals surface area contributed by atoms with Gasteiger partial charge in [0.1, 0.15) is 11.6 Å². The number of hydrogen-bond acceptors (Lipinski definition) is 5. The molecule has 0 amide bonds. The van der Waals surface area contributed by atoms with Gasteiger partial charge in [0, 0.05) is 17.6 Å². The summed E-state index contributed by atoms with van der Waals surface area (Å²) in [6.07, 6.45) is 0. The number of pyridine rings is 1. The molecule has 2 N–H and O–H groups in total. The average molecular weight is 341 g/mol. The van der Waals surface area contributed by atoms with E-state index in [1.807, 2.05) is 0 Å². The van der Waals surface area contributed by atoms with E-state index in [1.54, 1.807) is 13.1 Å². The Morgan fingerprint density at radius 2 is 2.10 bits per heavy atom. The molecule has 0 saturated carbocycles. The number of benzene rings is 1. The highest BCUT2D eigenvalue weighted by Gasteiger charge is 2.18. The van der Waals surface area contributed by atoms with Crippen molar-refractivity contribution in [2.24, 2.45) is 0 Å². The molecule has 2 aromatic rings. The molecule has 2 rings (SSSR count). The van der Waals surface area contributed by atoms with Gasteiger partial charge >= 0.3 is 5.69 Å². The summed E-state index contributed by atoms with van der Waals surface area (Å²) >= 11 is 3.19. The van der Waals surface area contributed by atoms with Crippen LogP contribution < -0.4 is 10.6 Å². The van der Waals surface area contributed by atoms with Gasteiger partial charge < -0.3 is 10.6 Å². The van der Waals surface area contributed by atoms with Gasteiger partial charge in [0.2, 0.25) is 5.82 Å². The zero-order valence-electron chi connectivity index (χ0n) is 10.4. The zero-order chi connectivity index (χ0) is 14.7. The van der Waals surface area contributed by atoms with E-state index in [-0.39, 0.29) is 17.2 Å². The fourth-order valence-corrected chi connectivity index (χ4v) is 2.01. The van der Waals surface area contributed by atoms with Crippen molar-refractivity contribution in [1.82, 2.24) is 4.98 Å². The number of aromatic nitrogens is 1. The molecule has 0 bridgehead atoms. The van der Waals surface area contributed by atoms with Gasteiger partial charge in [-0.05, 0) is 34.1 Å². The molecule has 0 fully saturated rings.